The molecule has 0 unspecified atom stereocenters. The molecule has 0 atom stereocenters. The van der Waals surface area contributed by atoms with E-state index in [2.05, 4.69) is 15.6 Å². The molecule has 1 aromatic carbocycles. The highest BCUT2D eigenvalue weighted by molar-refractivity contribution is 5.98. The van der Waals surface area contributed by atoms with Crippen LogP contribution in [0, 0.1) is 25.6 Å². The SMILES string of the molecule is Cc1[nH]c(/C=C/c2cc(F)ccc2NC=O)c(C)c1C(=O)NC1CCC(C(=O)N2CCCC2)CC1. The molecule has 2 heterocycles. The molecule has 1 saturated heterocycles. The third-order valence-corrected chi connectivity index (χ3v) is 7.19. The van der Waals surface area contributed by atoms with Gasteiger partial charge in [0.2, 0.25) is 12.3 Å². The first-order chi connectivity index (χ1) is 16.9. The number of nitrogens with one attached hydrogen (secondary N) is 3. The van der Waals surface area contributed by atoms with Gasteiger partial charge in [0.05, 0.1) is 5.56 Å². The van der Waals surface area contributed by atoms with Crippen molar-refractivity contribution in [2.75, 3.05) is 18.4 Å². The molecular weight excluding hydrogens is 447 g/mol. The Morgan fingerprint density at radius 1 is 1.09 bits per heavy atom. The van der Waals surface area contributed by atoms with Gasteiger partial charge in [0.1, 0.15) is 5.82 Å². The summed E-state index contributed by atoms with van der Waals surface area (Å²) in [6.07, 6.45) is 9.45. The molecule has 35 heavy (non-hydrogen) atoms. The Morgan fingerprint density at radius 3 is 2.49 bits per heavy atom. The molecule has 3 amide bonds. The van der Waals surface area contributed by atoms with E-state index in [0.29, 0.717) is 23.2 Å². The molecule has 0 bridgehead atoms. The van der Waals surface area contributed by atoms with Gasteiger partial charge in [-0.1, -0.05) is 6.08 Å². The lowest BCUT2D eigenvalue weighted by Gasteiger charge is -2.31. The van der Waals surface area contributed by atoms with Crippen LogP contribution in [-0.4, -0.2) is 47.2 Å². The van der Waals surface area contributed by atoms with Gasteiger partial charge in [-0.25, -0.2) is 4.39 Å². The van der Waals surface area contributed by atoms with Gasteiger partial charge in [0.25, 0.3) is 5.91 Å². The van der Waals surface area contributed by atoms with Crippen LogP contribution in [-0.2, 0) is 9.59 Å². The molecule has 2 aliphatic rings. The summed E-state index contributed by atoms with van der Waals surface area (Å²) in [6, 6.07) is 4.18. The molecule has 2 aromatic rings. The maximum atomic E-state index is 13.7. The van der Waals surface area contributed by atoms with E-state index >= 15 is 0 Å². The van der Waals surface area contributed by atoms with Crippen LogP contribution in [0.2, 0.25) is 0 Å². The van der Waals surface area contributed by atoms with Crippen LogP contribution in [0.3, 0.4) is 0 Å². The zero-order chi connectivity index (χ0) is 24.9. The van der Waals surface area contributed by atoms with Crippen molar-refractivity contribution in [3.05, 3.63) is 52.1 Å². The summed E-state index contributed by atoms with van der Waals surface area (Å²) < 4.78 is 13.7. The van der Waals surface area contributed by atoms with E-state index in [-0.39, 0.29) is 23.8 Å². The number of aryl methyl sites for hydroxylation is 1. The topological polar surface area (TPSA) is 94.3 Å². The highest BCUT2D eigenvalue weighted by Gasteiger charge is 2.31. The fourth-order valence-electron chi connectivity index (χ4n) is 5.26. The number of likely N-dealkylation sites (tertiary alicyclic amines) is 1. The van der Waals surface area contributed by atoms with Crippen molar-refractivity contribution >= 4 is 36.1 Å². The van der Waals surface area contributed by atoms with E-state index in [1.165, 1.54) is 18.2 Å². The van der Waals surface area contributed by atoms with Crippen LogP contribution >= 0.6 is 0 Å². The summed E-state index contributed by atoms with van der Waals surface area (Å²) in [5.41, 5.74) is 3.92. The van der Waals surface area contributed by atoms with Gasteiger partial charge < -0.3 is 20.5 Å². The number of aromatic nitrogens is 1. The van der Waals surface area contributed by atoms with Crippen molar-refractivity contribution in [1.82, 2.24) is 15.2 Å². The molecule has 1 aliphatic heterocycles. The minimum absolute atomic E-state index is 0.0575. The van der Waals surface area contributed by atoms with E-state index in [9.17, 15) is 18.8 Å². The molecule has 1 aliphatic carbocycles. The fourth-order valence-corrected chi connectivity index (χ4v) is 5.26. The molecule has 0 spiro atoms. The number of carbonyl (C=O) groups is 3. The predicted octanol–water partition coefficient (Wildman–Crippen LogP) is 4.42. The smallest absolute Gasteiger partial charge is 0.253 e. The van der Waals surface area contributed by atoms with Crippen molar-refractivity contribution < 1.29 is 18.8 Å². The summed E-state index contributed by atoms with van der Waals surface area (Å²) in [5, 5.41) is 5.72. The Balaban J connectivity index is 1.40. The third-order valence-electron chi connectivity index (χ3n) is 7.19. The number of halogens is 1. The predicted molar refractivity (Wildman–Crippen MR) is 134 cm³/mol. The average Bonchev–Trinajstić information content (AvgIpc) is 3.47. The second kappa shape index (κ2) is 10.9. The van der Waals surface area contributed by atoms with Crippen LogP contribution in [0.15, 0.2) is 18.2 Å². The molecule has 1 aromatic heterocycles. The molecular formula is C27H33FN4O3. The molecule has 3 N–H and O–H groups in total. The minimum atomic E-state index is -0.405. The highest BCUT2D eigenvalue weighted by atomic mass is 19.1. The van der Waals surface area contributed by atoms with Gasteiger partial charge in [-0.05, 0) is 82.2 Å². The first kappa shape index (κ1) is 24.7. The first-order valence-corrected chi connectivity index (χ1v) is 12.3. The number of anilines is 1. The maximum absolute atomic E-state index is 13.7. The van der Waals surface area contributed by atoms with Gasteiger partial charge in [-0.3, -0.25) is 14.4 Å². The largest absolute Gasteiger partial charge is 0.358 e. The number of benzene rings is 1. The normalized spacial score (nSPS) is 20.3. The standard InChI is InChI=1S/C27H33FN4O3/c1-17-23(11-7-20-15-21(28)8-12-24(20)29-16-33)30-18(2)25(17)26(34)31-22-9-5-19(6-10-22)27(35)32-13-3-4-14-32/h7-8,11-12,15-16,19,22,30H,3-6,9-10,13-14H2,1-2H3,(H,29,33)(H,31,34)/b11-7+. The van der Waals surface area contributed by atoms with Crippen molar-refractivity contribution in [1.29, 1.82) is 0 Å². The van der Waals surface area contributed by atoms with Crippen molar-refractivity contribution in [2.24, 2.45) is 5.92 Å². The lowest BCUT2D eigenvalue weighted by atomic mass is 9.85. The van der Waals surface area contributed by atoms with Gasteiger partial charge in [-0.15, -0.1) is 0 Å². The molecule has 2 fully saturated rings. The van der Waals surface area contributed by atoms with E-state index in [1.807, 2.05) is 18.7 Å². The number of carbonyl (C=O) groups excluding carboxylic acids is 3. The van der Waals surface area contributed by atoms with Crippen LogP contribution < -0.4 is 10.6 Å². The van der Waals surface area contributed by atoms with Crippen molar-refractivity contribution in [3.63, 3.8) is 0 Å². The van der Waals surface area contributed by atoms with Gasteiger partial charge in [0, 0.05) is 47.7 Å². The van der Waals surface area contributed by atoms with E-state index in [1.54, 1.807) is 12.2 Å². The quantitative estimate of drug-likeness (QED) is 0.512. The zero-order valence-electron chi connectivity index (χ0n) is 20.3. The molecule has 0 radical (unpaired) electrons. The number of amides is 3. The summed E-state index contributed by atoms with van der Waals surface area (Å²) in [7, 11) is 0. The second-order valence-corrected chi connectivity index (χ2v) is 9.55. The van der Waals surface area contributed by atoms with Crippen LogP contribution in [0.1, 0.15) is 71.4 Å². The molecule has 7 nitrogen and oxygen atoms in total. The summed E-state index contributed by atoms with van der Waals surface area (Å²) in [4.78, 5) is 41.9. The Morgan fingerprint density at radius 2 is 1.80 bits per heavy atom. The number of H-pyrrole nitrogens is 1. The maximum Gasteiger partial charge on any atom is 0.253 e. The molecule has 1 saturated carbocycles. The number of nitrogens with zero attached hydrogens (tertiary/aromatic N) is 1. The Kier molecular flexibility index (Phi) is 7.68. The average molecular weight is 481 g/mol. The zero-order valence-corrected chi connectivity index (χ0v) is 20.3. The molecule has 8 heteroatoms. The number of hydrogen-bond acceptors (Lipinski definition) is 3. The fraction of sp³-hybridized carbons (Fsp3) is 0.444. The highest BCUT2D eigenvalue weighted by Crippen LogP contribution is 2.28. The first-order valence-electron chi connectivity index (χ1n) is 12.3. The lowest BCUT2D eigenvalue weighted by molar-refractivity contribution is -0.135. The Labute approximate surface area is 205 Å². The van der Waals surface area contributed by atoms with Crippen LogP contribution in [0.4, 0.5) is 10.1 Å². The minimum Gasteiger partial charge on any atom is -0.358 e. The number of aromatic amines is 1. The van der Waals surface area contributed by atoms with Crippen molar-refractivity contribution in [3.8, 4) is 0 Å². The number of rotatable bonds is 7. The third kappa shape index (κ3) is 5.63. The van der Waals surface area contributed by atoms with Crippen molar-refractivity contribution in [2.45, 2.75) is 58.4 Å². The molecule has 4 rings (SSSR count). The van der Waals surface area contributed by atoms with E-state index < -0.39 is 5.82 Å². The van der Waals surface area contributed by atoms with Crippen LogP contribution in [0.25, 0.3) is 12.2 Å². The summed E-state index contributed by atoms with van der Waals surface area (Å²) in [5.74, 6) is -0.169. The van der Waals surface area contributed by atoms with E-state index in [4.69, 9.17) is 0 Å². The monoisotopic (exact) mass is 480 g/mol. The molecule has 186 valence electrons. The second-order valence-electron chi connectivity index (χ2n) is 9.55. The lowest BCUT2D eigenvalue weighted by Crippen LogP contribution is -2.41. The Bertz CT molecular complexity index is 1130. The Hall–Kier alpha value is -3.42. The number of hydrogen-bond donors (Lipinski definition) is 3. The summed E-state index contributed by atoms with van der Waals surface area (Å²) in [6.45, 7) is 5.49. The van der Waals surface area contributed by atoms with E-state index in [0.717, 1.165) is 68.6 Å². The van der Waals surface area contributed by atoms with Gasteiger partial charge >= 0.3 is 0 Å². The van der Waals surface area contributed by atoms with Gasteiger partial charge in [0.15, 0.2) is 0 Å². The van der Waals surface area contributed by atoms with Crippen LogP contribution in [0.5, 0.6) is 0 Å². The van der Waals surface area contributed by atoms with Gasteiger partial charge in [-0.2, -0.15) is 0 Å². The summed E-state index contributed by atoms with van der Waals surface area (Å²) >= 11 is 0.